The standard InChI is InChI=1S/C5H6NOS2/c1-2-7-4-3-9-5(8)6-4/h3H,2H2,1H3. The molecule has 0 fully saturated rings. The summed E-state index contributed by atoms with van der Waals surface area (Å²) in [7, 11) is 0. The Bertz CT molecular complexity index is 187. The number of rotatable bonds is 2. The van der Waals surface area contributed by atoms with E-state index < -0.39 is 0 Å². The molecule has 0 spiro atoms. The van der Waals surface area contributed by atoms with Crippen molar-refractivity contribution in [3.8, 4) is 5.88 Å². The van der Waals surface area contributed by atoms with Crippen LogP contribution in [-0.4, -0.2) is 11.6 Å². The lowest BCUT2D eigenvalue weighted by Crippen LogP contribution is -1.90. The fourth-order valence-electron chi connectivity index (χ4n) is 0.458. The van der Waals surface area contributed by atoms with Crippen LogP contribution in [0.2, 0.25) is 0 Å². The van der Waals surface area contributed by atoms with Crippen molar-refractivity contribution in [2.45, 2.75) is 11.3 Å². The fraction of sp³-hybridized carbons (Fsp3) is 0.400. The Balaban J connectivity index is 2.61. The summed E-state index contributed by atoms with van der Waals surface area (Å²) in [5.74, 6) is 0.646. The minimum absolute atomic E-state index is 0.637. The first-order valence-electron chi connectivity index (χ1n) is 2.58. The van der Waals surface area contributed by atoms with Crippen LogP contribution in [0.5, 0.6) is 5.88 Å². The van der Waals surface area contributed by atoms with E-state index in [1.54, 1.807) is 0 Å². The molecule has 0 unspecified atom stereocenters. The van der Waals surface area contributed by atoms with Crippen molar-refractivity contribution in [1.82, 2.24) is 4.98 Å². The van der Waals surface area contributed by atoms with Crippen LogP contribution >= 0.6 is 24.0 Å². The minimum Gasteiger partial charge on any atom is -0.477 e. The number of nitrogens with zero attached hydrogens (tertiary/aromatic N) is 1. The Morgan fingerprint density at radius 3 is 3.11 bits per heavy atom. The number of hydrogen-bond acceptors (Lipinski definition) is 3. The molecule has 1 aromatic rings. The molecule has 1 aromatic heterocycles. The zero-order valence-electron chi connectivity index (χ0n) is 4.96. The molecule has 0 saturated carbocycles. The van der Waals surface area contributed by atoms with Gasteiger partial charge in [0, 0.05) is 0 Å². The van der Waals surface area contributed by atoms with Crippen molar-refractivity contribution in [1.29, 1.82) is 0 Å². The lowest BCUT2D eigenvalue weighted by atomic mass is 10.8. The molecule has 0 aliphatic heterocycles. The van der Waals surface area contributed by atoms with Gasteiger partial charge >= 0.3 is 0 Å². The van der Waals surface area contributed by atoms with Gasteiger partial charge in [-0.05, 0) is 19.6 Å². The van der Waals surface area contributed by atoms with E-state index in [2.05, 4.69) is 4.98 Å². The van der Waals surface area contributed by atoms with Gasteiger partial charge in [0.1, 0.15) is 0 Å². The summed E-state index contributed by atoms with van der Waals surface area (Å²) in [5.41, 5.74) is 0. The summed E-state index contributed by atoms with van der Waals surface area (Å²) < 4.78 is 5.70. The molecular weight excluding hydrogens is 154 g/mol. The van der Waals surface area contributed by atoms with Crippen LogP contribution in [0.3, 0.4) is 0 Å². The summed E-state index contributed by atoms with van der Waals surface area (Å²) in [4.78, 5) is 3.91. The van der Waals surface area contributed by atoms with E-state index in [4.69, 9.17) is 17.4 Å². The molecule has 0 aliphatic rings. The molecule has 0 aliphatic carbocycles. The van der Waals surface area contributed by atoms with Gasteiger partial charge in [0.2, 0.25) is 5.88 Å². The van der Waals surface area contributed by atoms with Crippen molar-refractivity contribution in [2.75, 3.05) is 6.61 Å². The Labute approximate surface area is 63.3 Å². The average Bonchev–Trinajstić information content (AvgIpc) is 2.17. The van der Waals surface area contributed by atoms with Crippen molar-refractivity contribution in [3.63, 3.8) is 0 Å². The highest BCUT2D eigenvalue weighted by Gasteiger charge is 1.96. The number of thiazole rings is 1. The highest BCUT2D eigenvalue weighted by Crippen LogP contribution is 2.18. The van der Waals surface area contributed by atoms with E-state index in [0.717, 1.165) is 0 Å². The maximum absolute atomic E-state index is 5.06. The molecule has 0 aromatic carbocycles. The molecule has 0 amide bonds. The van der Waals surface area contributed by atoms with Gasteiger partial charge in [0.25, 0.3) is 0 Å². The SMILES string of the molecule is CCOc1csc([S])n1. The maximum Gasteiger partial charge on any atom is 0.225 e. The molecule has 0 saturated heterocycles. The third-order valence-electron chi connectivity index (χ3n) is 0.754. The van der Waals surface area contributed by atoms with Gasteiger partial charge < -0.3 is 4.74 Å². The largest absolute Gasteiger partial charge is 0.477 e. The first-order chi connectivity index (χ1) is 4.33. The second-order valence-electron chi connectivity index (χ2n) is 1.38. The van der Waals surface area contributed by atoms with Crippen molar-refractivity contribution >= 4 is 24.0 Å². The van der Waals surface area contributed by atoms with E-state index in [-0.39, 0.29) is 0 Å². The Morgan fingerprint density at radius 1 is 1.89 bits per heavy atom. The predicted molar refractivity (Wildman–Crippen MR) is 39.1 cm³/mol. The van der Waals surface area contributed by atoms with E-state index in [1.165, 1.54) is 11.3 Å². The number of aromatic nitrogens is 1. The van der Waals surface area contributed by atoms with Gasteiger partial charge in [0.15, 0.2) is 4.34 Å². The van der Waals surface area contributed by atoms with Crippen LogP contribution in [-0.2, 0) is 0 Å². The average molecular weight is 160 g/mol. The monoisotopic (exact) mass is 160 g/mol. The third-order valence-corrected chi connectivity index (χ3v) is 1.75. The molecule has 2 nitrogen and oxygen atoms in total. The fourth-order valence-corrected chi connectivity index (χ4v) is 1.16. The van der Waals surface area contributed by atoms with Gasteiger partial charge in [0.05, 0.1) is 12.0 Å². The van der Waals surface area contributed by atoms with E-state index in [9.17, 15) is 0 Å². The molecule has 0 N–H and O–H groups in total. The quantitative estimate of drug-likeness (QED) is 0.661. The van der Waals surface area contributed by atoms with Crippen LogP contribution in [0.4, 0.5) is 0 Å². The van der Waals surface area contributed by atoms with E-state index in [1.807, 2.05) is 12.3 Å². The Morgan fingerprint density at radius 2 is 2.67 bits per heavy atom. The van der Waals surface area contributed by atoms with Gasteiger partial charge in [-0.1, -0.05) is 0 Å². The minimum atomic E-state index is 0.637. The van der Waals surface area contributed by atoms with Gasteiger partial charge in [-0.3, -0.25) is 0 Å². The highest BCUT2D eigenvalue weighted by molar-refractivity contribution is 7.82. The molecular formula is C5H6NOS2. The topological polar surface area (TPSA) is 22.1 Å². The second kappa shape index (κ2) is 2.98. The second-order valence-corrected chi connectivity index (χ2v) is 2.89. The summed E-state index contributed by atoms with van der Waals surface area (Å²) in [6.45, 7) is 2.57. The number of hydrogen-bond donors (Lipinski definition) is 0. The molecule has 0 bridgehead atoms. The van der Waals surface area contributed by atoms with Crippen LogP contribution in [0.15, 0.2) is 9.72 Å². The molecule has 1 radical (unpaired) electrons. The summed E-state index contributed by atoms with van der Waals surface area (Å²) >= 11 is 6.20. The number of ether oxygens (including phenoxy) is 1. The molecule has 9 heavy (non-hydrogen) atoms. The first-order valence-corrected chi connectivity index (χ1v) is 3.87. The zero-order valence-corrected chi connectivity index (χ0v) is 6.59. The Hall–Kier alpha value is -0.350. The first kappa shape index (κ1) is 6.77. The highest BCUT2D eigenvalue weighted by atomic mass is 32.2. The lowest BCUT2D eigenvalue weighted by molar-refractivity contribution is 0.327. The van der Waals surface area contributed by atoms with Gasteiger partial charge in [-0.2, -0.15) is 4.98 Å². The van der Waals surface area contributed by atoms with Gasteiger partial charge in [-0.15, -0.1) is 11.3 Å². The van der Waals surface area contributed by atoms with Crippen LogP contribution in [0, 0.1) is 0 Å². The summed E-state index contributed by atoms with van der Waals surface area (Å²) in [6, 6.07) is 0. The van der Waals surface area contributed by atoms with Crippen molar-refractivity contribution < 1.29 is 4.74 Å². The van der Waals surface area contributed by atoms with E-state index in [0.29, 0.717) is 16.8 Å². The van der Waals surface area contributed by atoms with Crippen LogP contribution in [0.1, 0.15) is 6.92 Å². The zero-order chi connectivity index (χ0) is 6.69. The molecule has 4 heteroatoms. The van der Waals surface area contributed by atoms with Gasteiger partial charge in [-0.25, -0.2) is 0 Å². The maximum atomic E-state index is 5.06. The molecule has 49 valence electrons. The third kappa shape index (κ3) is 1.80. The molecule has 0 atom stereocenters. The van der Waals surface area contributed by atoms with E-state index >= 15 is 0 Å². The van der Waals surface area contributed by atoms with Crippen molar-refractivity contribution in [3.05, 3.63) is 5.38 Å². The van der Waals surface area contributed by atoms with Crippen LogP contribution in [0.25, 0.3) is 0 Å². The summed E-state index contributed by atoms with van der Waals surface area (Å²) in [6.07, 6.45) is 0. The Kier molecular flexibility index (Phi) is 2.24. The lowest BCUT2D eigenvalue weighted by Gasteiger charge is -1.92. The van der Waals surface area contributed by atoms with Crippen LogP contribution < -0.4 is 4.74 Å². The molecule has 1 rings (SSSR count). The smallest absolute Gasteiger partial charge is 0.225 e. The normalized spacial score (nSPS) is 9.44. The predicted octanol–water partition coefficient (Wildman–Crippen LogP) is 2.10. The molecule has 1 heterocycles. The van der Waals surface area contributed by atoms with Crippen molar-refractivity contribution in [2.24, 2.45) is 0 Å². The summed E-state index contributed by atoms with van der Waals surface area (Å²) in [5, 5.41) is 1.81.